The van der Waals surface area contributed by atoms with E-state index in [1.54, 1.807) is 0 Å². The fraction of sp³-hybridized carbons (Fsp3) is 0.250. The largest absolute Gasteiger partial charge is 0.505 e. The number of esters is 1. The third kappa shape index (κ3) is 1.88. The molecule has 2 atom stereocenters. The number of aliphatic hydroxyl groups excluding tert-OH is 3. The normalized spacial score (nSPS) is 24.7. The molecule has 1 aromatic rings. The van der Waals surface area contributed by atoms with Crippen LogP contribution in [-0.2, 0) is 15.1 Å². The van der Waals surface area contributed by atoms with Crippen LogP contribution in [0.1, 0.15) is 5.56 Å². The smallest absolute Gasteiger partial charge is 0.419 e. The van der Waals surface area contributed by atoms with Crippen molar-refractivity contribution in [3.63, 3.8) is 0 Å². The van der Waals surface area contributed by atoms with Crippen LogP contribution >= 0.6 is 0 Å². The number of aliphatic hydroxyl groups is 3. The zero-order valence-corrected chi connectivity index (χ0v) is 9.76. The number of hydrogen-bond donors (Lipinski definition) is 3. The Morgan fingerprint density at radius 3 is 2.10 bits per heavy atom. The van der Waals surface area contributed by atoms with Crippen molar-refractivity contribution in [2.45, 2.75) is 17.9 Å². The van der Waals surface area contributed by atoms with Gasteiger partial charge in [-0.25, -0.2) is 4.79 Å². The summed E-state index contributed by atoms with van der Waals surface area (Å²) in [5.41, 5.74) is -3.22. The Bertz CT molecular complexity index is 566. The molecule has 0 aromatic heterocycles. The highest BCUT2D eigenvalue weighted by Gasteiger charge is 2.63. The first-order valence-corrected chi connectivity index (χ1v) is 5.37. The van der Waals surface area contributed by atoms with Gasteiger partial charge < -0.3 is 20.1 Å². The van der Waals surface area contributed by atoms with Crippen molar-refractivity contribution in [3.05, 3.63) is 47.4 Å². The molecule has 0 fully saturated rings. The number of carbonyl (C=O) groups excluding carboxylic acids is 1. The van der Waals surface area contributed by atoms with Gasteiger partial charge in [-0.3, -0.25) is 0 Å². The molecule has 20 heavy (non-hydrogen) atoms. The van der Waals surface area contributed by atoms with Gasteiger partial charge in [0, 0.05) is 5.56 Å². The first kappa shape index (κ1) is 14.2. The lowest BCUT2D eigenvalue weighted by atomic mass is 9.86. The van der Waals surface area contributed by atoms with E-state index >= 15 is 0 Å². The van der Waals surface area contributed by atoms with Crippen LogP contribution in [0.15, 0.2) is 41.9 Å². The fourth-order valence-electron chi connectivity index (χ4n) is 1.97. The SMILES string of the molecule is O=C1O[C@](c2ccccc2)([C@@H](O)C(F)(F)F)C(O)=C1O. The third-order valence-electron chi connectivity index (χ3n) is 2.92. The second-order valence-electron chi connectivity index (χ2n) is 4.13. The number of hydrogen-bond acceptors (Lipinski definition) is 5. The van der Waals surface area contributed by atoms with Gasteiger partial charge in [-0.15, -0.1) is 0 Å². The first-order valence-electron chi connectivity index (χ1n) is 5.37. The van der Waals surface area contributed by atoms with Gasteiger partial charge in [0.15, 0.2) is 5.76 Å². The Kier molecular flexibility index (Phi) is 3.13. The Hall–Kier alpha value is -2.22. The summed E-state index contributed by atoms with van der Waals surface area (Å²) in [5.74, 6) is -4.29. The molecule has 0 spiro atoms. The van der Waals surface area contributed by atoms with Crippen molar-refractivity contribution >= 4 is 5.97 Å². The molecule has 2 rings (SSSR count). The van der Waals surface area contributed by atoms with Crippen molar-refractivity contribution < 1.29 is 38.0 Å². The van der Waals surface area contributed by atoms with E-state index in [9.17, 15) is 33.3 Å². The Morgan fingerprint density at radius 2 is 1.70 bits per heavy atom. The molecule has 0 bridgehead atoms. The van der Waals surface area contributed by atoms with Crippen molar-refractivity contribution in [2.75, 3.05) is 0 Å². The van der Waals surface area contributed by atoms with E-state index in [2.05, 4.69) is 4.74 Å². The average Bonchev–Trinajstić information content (AvgIpc) is 2.63. The second kappa shape index (κ2) is 4.41. The van der Waals surface area contributed by atoms with Gasteiger partial charge in [-0.2, -0.15) is 13.2 Å². The van der Waals surface area contributed by atoms with Crippen molar-refractivity contribution in [1.29, 1.82) is 0 Å². The van der Waals surface area contributed by atoms with Crippen molar-refractivity contribution in [1.82, 2.24) is 0 Å². The lowest BCUT2D eigenvalue weighted by Gasteiger charge is -2.33. The number of rotatable bonds is 2. The van der Waals surface area contributed by atoms with Gasteiger partial charge in [-0.05, 0) is 0 Å². The van der Waals surface area contributed by atoms with Gasteiger partial charge in [0.1, 0.15) is 0 Å². The van der Waals surface area contributed by atoms with Crippen LogP contribution in [0.3, 0.4) is 0 Å². The number of halogens is 3. The van der Waals surface area contributed by atoms with E-state index < -0.39 is 35.4 Å². The quantitative estimate of drug-likeness (QED) is 0.721. The Labute approximate surface area is 110 Å². The van der Waals surface area contributed by atoms with Crippen LogP contribution < -0.4 is 0 Å². The topological polar surface area (TPSA) is 87.0 Å². The molecular weight excluding hydrogens is 281 g/mol. The summed E-state index contributed by atoms with van der Waals surface area (Å²) in [7, 11) is 0. The van der Waals surface area contributed by atoms with Crippen LogP contribution in [0.25, 0.3) is 0 Å². The number of benzene rings is 1. The summed E-state index contributed by atoms with van der Waals surface area (Å²) in [6, 6.07) is 6.38. The molecule has 1 aliphatic heterocycles. The number of ether oxygens (including phenoxy) is 1. The molecule has 8 heteroatoms. The minimum absolute atomic E-state index is 0.320. The third-order valence-corrected chi connectivity index (χ3v) is 2.92. The standard InChI is InChI=1S/C12H9F3O5/c13-12(14,15)10(19)11(6-4-2-1-3-5-6)8(17)7(16)9(18)20-11/h1-5,10,16-17,19H/t10-,11+/m1/s1. The fourth-order valence-corrected chi connectivity index (χ4v) is 1.97. The maximum Gasteiger partial charge on any atom is 0.419 e. The zero-order valence-electron chi connectivity index (χ0n) is 9.76. The van der Waals surface area contributed by atoms with Crippen molar-refractivity contribution in [3.8, 4) is 0 Å². The van der Waals surface area contributed by atoms with Crippen LogP contribution in [0.4, 0.5) is 13.2 Å². The number of carbonyl (C=O) groups is 1. The Balaban J connectivity index is 2.67. The minimum Gasteiger partial charge on any atom is -0.505 e. The number of cyclic esters (lactones) is 1. The first-order chi connectivity index (χ1) is 9.21. The predicted octanol–water partition coefficient (Wildman–Crippen LogP) is 1.69. The van der Waals surface area contributed by atoms with Gasteiger partial charge in [0.25, 0.3) is 0 Å². The summed E-state index contributed by atoms with van der Waals surface area (Å²) >= 11 is 0. The molecule has 0 radical (unpaired) electrons. The highest BCUT2D eigenvalue weighted by atomic mass is 19.4. The van der Waals surface area contributed by atoms with E-state index in [1.807, 2.05) is 0 Å². The van der Waals surface area contributed by atoms with E-state index in [0.29, 0.717) is 0 Å². The van der Waals surface area contributed by atoms with Crippen LogP contribution in [-0.4, -0.2) is 33.6 Å². The minimum atomic E-state index is -5.19. The van der Waals surface area contributed by atoms with Crippen molar-refractivity contribution in [2.24, 2.45) is 0 Å². The molecule has 0 aliphatic carbocycles. The monoisotopic (exact) mass is 290 g/mol. The highest BCUT2D eigenvalue weighted by Crippen LogP contribution is 2.46. The molecule has 108 valence electrons. The molecule has 0 saturated carbocycles. The van der Waals surface area contributed by atoms with E-state index in [1.165, 1.54) is 18.2 Å². The van der Waals surface area contributed by atoms with Gasteiger partial charge in [0.2, 0.25) is 17.5 Å². The van der Waals surface area contributed by atoms with Crippen LogP contribution in [0, 0.1) is 0 Å². The Morgan fingerprint density at radius 1 is 1.15 bits per heavy atom. The molecule has 0 amide bonds. The number of alkyl halides is 3. The van der Waals surface area contributed by atoms with Crippen LogP contribution in [0.5, 0.6) is 0 Å². The summed E-state index contributed by atoms with van der Waals surface area (Å²) in [4.78, 5) is 11.2. The summed E-state index contributed by atoms with van der Waals surface area (Å²) < 4.78 is 42.9. The average molecular weight is 290 g/mol. The zero-order chi connectivity index (χ0) is 15.1. The molecule has 0 unspecified atom stereocenters. The maximum absolute atomic E-state index is 12.8. The van der Waals surface area contributed by atoms with Gasteiger partial charge in [-0.1, -0.05) is 30.3 Å². The summed E-state index contributed by atoms with van der Waals surface area (Å²) in [5, 5.41) is 28.4. The molecule has 0 saturated heterocycles. The lowest BCUT2D eigenvalue weighted by Crippen LogP contribution is -2.50. The van der Waals surface area contributed by atoms with Crippen LogP contribution in [0.2, 0.25) is 0 Å². The highest BCUT2D eigenvalue weighted by molar-refractivity contribution is 5.90. The van der Waals surface area contributed by atoms with Gasteiger partial charge in [0.05, 0.1) is 0 Å². The summed E-state index contributed by atoms with van der Waals surface area (Å²) in [6.45, 7) is 0. The molecule has 1 aliphatic rings. The molecule has 3 N–H and O–H groups in total. The molecule has 1 aromatic carbocycles. The summed E-state index contributed by atoms with van der Waals surface area (Å²) in [6.07, 6.45) is -8.42. The molecular formula is C12H9F3O5. The van der Waals surface area contributed by atoms with E-state index in [4.69, 9.17) is 0 Å². The predicted molar refractivity (Wildman–Crippen MR) is 58.6 cm³/mol. The molecule has 1 heterocycles. The molecule has 5 nitrogen and oxygen atoms in total. The second-order valence-corrected chi connectivity index (χ2v) is 4.13. The van der Waals surface area contributed by atoms with Gasteiger partial charge >= 0.3 is 12.1 Å². The lowest BCUT2D eigenvalue weighted by molar-refractivity contribution is -0.258. The van der Waals surface area contributed by atoms with E-state index in [-0.39, 0.29) is 5.56 Å². The maximum atomic E-state index is 12.8. The van der Waals surface area contributed by atoms with E-state index in [0.717, 1.165) is 12.1 Å².